The number of hydrogen-bond acceptors (Lipinski definition) is 3. The van der Waals surface area contributed by atoms with Gasteiger partial charge in [0, 0.05) is 25.0 Å². The highest BCUT2D eigenvalue weighted by molar-refractivity contribution is 5.89. The summed E-state index contributed by atoms with van der Waals surface area (Å²) in [5, 5.41) is 5.45. The Labute approximate surface area is 140 Å². The van der Waals surface area contributed by atoms with Crippen LogP contribution in [0.15, 0.2) is 42.6 Å². The number of carbonyl (C=O) groups is 1. The van der Waals surface area contributed by atoms with Gasteiger partial charge in [-0.1, -0.05) is 6.07 Å². The first-order valence-corrected chi connectivity index (χ1v) is 8.16. The molecule has 1 aliphatic rings. The minimum atomic E-state index is -0.388. The summed E-state index contributed by atoms with van der Waals surface area (Å²) in [6, 6.07) is 9.71. The maximum Gasteiger partial charge on any atom is 0.319 e. The second-order valence-corrected chi connectivity index (χ2v) is 5.94. The van der Waals surface area contributed by atoms with Crippen molar-refractivity contribution in [3.8, 4) is 0 Å². The van der Waals surface area contributed by atoms with Crippen LogP contribution in [0.1, 0.15) is 31.5 Å². The van der Waals surface area contributed by atoms with Gasteiger partial charge in [-0.15, -0.1) is 0 Å². The summed E-state index contributed by atoms with van der Waals surface area (Å²) in [4.78, 5) is 18.3. The highest BCUT2D eigenvalue weighted by Gasteiger charge is 2.17. The molecule has 1 aromatic heterocycles. The molecule has 0 spiro atoms. The van der Waals surface area contributed by atoms with Crippen molar-refractivity contribution in [3.63, 3.8) is 0 Å². The van der Waals surface area contributed by atoms with Crippen LogP contribution in [0.5, 0.6) is 0 Å². The summed E-state index contributed by atoms with van der Waals surface area (Å²) < 4.78 is 14.3. The Morgan fingerprint density at radius 2 is 2.04 bits per heavy atom. The van der Waals surface area contributed by atoms with E-state index in [9.17, 15) is 9.18 Å². The monoisotopic (exact) mass is 328 g/mol. The molecule has 0 radical (unpaired) electrons. The predicted molar refractivity (Wildman–Crippen MR) is 92.7 cm³/mol. The Morgan fingerprint density at radius 1 is 1.25 bits per heavy atom. The molecule has 1 aromatic carbocycles. The average Bonchev–Trinajstić information content (AvgIpc) is 3.10. The molecule has 1 atom stereocenters. The van der Waals surface area contributed by atoms with Crippen molar-refractivity contribution >= 4 is 17.4 Å². The van der Waals surface area contributed by atoms with E-state index in [0.29, 0.717) is 11.4 Å². The van der Waals surface area contributed by atoms with Gasteiger partial charge in [0.1, 0.15) is 5.82 Å². The zero-order valence-electron chi connectivity index (χ0n) is 13.6. The summed E-state index contributed by atoms with van der Waals surface area (Å²) in [5.74, 6) is -0.313. The Morgan fingerprint density at radius 3 is 2.71 bits per heavy atom. The molecule has 0 bridgehead atoms. The number of benzene rings is 1. The summed E-state index contributed by atoms with van der Waals surface area (Å²) >= 11 is 0. The largest absolute Gasteiger partial charge is 0.369 e. The smallest absolute Gasteiger partial charge is 0.319 e. The molecule has 126 valence electrons. The number of urea groups is 1. The second-order valence-electron chi connectivity index (χ2n) is 5.94. The first-order valence-electron chi connectivity index (χ1n) is 8.16. The minimum Gasteiger partial charge on any atom is -0.369 e. The van der Waals surface area contributed by atoms with Crippen LogP contribution in [0.4, 0.5) is 20.6 Å². The lowest BCUT2D eigenvalue weighted by atomic mass is 10.2. The number of rotatable bonds is 4. The molecule has 1 fully saturated rings. The van der Waals surface area contributed by atoms with Crippen molar-refractivity contribution in [3.05, 3.63) is 54.1 Å². The fourth-order valence-corrected chi connectivity index (χ4v) is 2.87. The van der Waals surface area contributed by atoms with Gasteiger partial charge in [0.15, 0.2) is 0 Å². The molecule has 6 heteroatoms. The van der Waals surface area contributed by atoms with Crippen LogP contribution in [-0.4, -0.2) is 24.1 Å². The summed E-state index contributed by atoms with van der Waals surface area (Å²) in [6.45, 7) is 3.61. The maximum atomic E-state index is 14.3. The average molecular weight is 328 g/mol. The van der Waals surface area contributed by atoms with Crippen LogP contribution in [0, 0.1) is 5.82 Å². The van der Waals surface area contributed by atoms with Gasteiger partial charge < -0.3 is 15.5 Å². The number of nitrogens with zero attached hydrogens (tertiary/aromatic N) is 2. The highest BCUT2D eigenvalue weighted by Crippen LogP contribution is 2.26. The van der Waals surface area contributed by atoms with Gasteiger partial charge in [-0.05, 0) is 50.1 Å². The number of hydrogen-bond donors (Lipinski definition) is 2. The van der Waals surface area contributed by atoms with E-state index in [-0.39, 0.29) is 17.9 Å². The molecule has 1 saturated heterocycles. The van der Waals surface area contributed by atoms with Crippen molar-refractivity contribution < 1.29 is 9.18 Å². The molecule has 2 heterocycles. The molecule has 2 N–H and O–H groups in total. The summed E-state index contributed by atoms with van der Waals surface area (Å²) in [5.41, 5.74) is 1.80. The third kappa shape index (κ3) is 3.82. The molecular weight excluding hydrogens is 307 g/mol. The predicted octanol–water partition coefficient (Wildman–Crippen LogP) is 3.70. The lowest BCUT2D eigenvalue weighted by Gasteiger charge is -2.19. The van der Waals surface area contributed by atoms with Crippen LogP contribution in [0.2, 0.25) is 0 Å². The van der Waals surface area contributed by atoms with E-state index in [1.807, 2.05) is 30.0 Å². The number of halogens is 1. The van der Waals surface area contributed by atoms with Gasteiger partial charge >= 0.3 is 6.03 Å². The third-order valence-electron chi connectivity index (χ3n) is 4.13. The molecule has 0 aliphatic carbocycles. The molecule has 2 amide bonds. The standard InChI is InChI=1S/C18H21FN4O/c1-13(16-6-2-3-9-20-16)21-18(24)22-14-7-8-17(15(19)12-14)23-10-4-5-11-23/h2-3,6-9,12-13H,4-5,10-11H2,1H3,(H2,21,22,24). The maximum absolute atomic E-state index is 14.3. The van der Waals surface area contributed by atoms with Crippen LogP contribution in [0.25, 0.3) is 0 Å². The van der Waals surface area contributed by atoms with E-state index in [1.54, 1.807) is 18.3 Å². The van der Waals surface area contributed by atoms with Crippen molar-refractivity contribution in [1.29, 1.82) is 0 Å². The molecule has 0 saturated carbocycles. The molecule has 2 aromatic rings. The molecule has 5 nitrogen and oxygen atoms in total. The van der Waals surface area contributed by atoms with Gasteiger partial charge in [0.25, 0.3) is 0 Å². The number of carbonyl (C=O) groups excluding carboxylic acids is 1. The fourth-order valence-electron chi connectivity index (χ4n) is 2.87. The van der Waals surface area contributed by atoms with Crippen LogP contribution < -0.4 is 15.5 Å². The zero-order valence-corrected chi connectivity index (χ0v) is 13.6. The number of pyridine rings is 1. The first-order chi connectivity index (χ1) is 11.6. The lowest BCUT2D eigenvalue weighted by molar-refractivity contribution is 0.249. The van der Waals surface area contributed by atoms with Crippen molar-refractivity contribution in [2.75, 3.05) is 23.3 Å². The SMILES string of the molecule is CC(NC(=O)Nc1ccc(N2CCCC2)c(F)c1)c1ccccn1. The topological polar surface area (TPSA) is 57.3 Å². The quantitative estimate of drug-likeness (QED) is 0.900. The van der Waals surface area contributed by atoms with Crippen molar-refractivity contribution in [2.24, 2.45) is 0 Å². The number of amides is 2. The van der Waals surface area contributed by atoms with Crippen molar-refractivity contribution in [2.45, 2.75) is 25.8 Å². The Bertz CT molecular complexity index is 701. The number of aromatic nitrogens is 1. The van der Waals surface area contributed by atoms with Gasteiger partial charge in [0.05, 0.1) is 17.4 Å². The molecule has 24 heavy (non-hydrogen) atoms. The normalized spacial score (nSPS) is 15.2. The fraction of sp³-hybridized carbons (Fsp3) is 0.333. The lowest BCUT2D eigenvalue weighted by Crippen LogP contribution is -2.31. The van der Waals surface area contributed by atoms with Gasteiger partial charge in [-0.2, -0.15) is 0 Å². The van der Waals surface area contributed by atoms with Gasteiger partial charge in [0.2, 0.25) is 0 Å². The molecule has 3 rings (SSSR count). The Balaban J connectivity index is 1.61. The summed E-state index contributed by atoms with van der Waals surface area (Å²) in [6.07, 6.45) is 3.86. The van der Waals surface area contributed by atoms with E-state index in [2.05, 4.69) is 15.6 Å². The minimum absolute atomic E-state index is 0.236. The van der Waals surface area contributed by atoms with E-state index < -0.39 is 0 Å². The van der Waals surface area contributed by atoms with E-state index in [1.165, 1.54) is 6.07 Å². The number of anilines is 2. The molecule has 1 unspecified atom stereocenters. The summed E-state index contributed by atoms with van der Waals surface area (Å²) in [7, 11) is 0. The van der Waals surface area contributed by atoms with Crippen LogP contribution in [0.3, 0.4) is 0 Å². The second kappa shape index (κ2) is 7.29. The van der Waals surface area contributed by atoms with Gasteiger partial charge in [-0.3, -0.25) is 4.98 Å². The first kappa shape index (κ1) is 16.2. The van der Waals surface area contributed by atoms with Gasteiger partial charge in [-0.25, -0.2) is 9.18 Å². The third-order valence-corrected chi connectivity index (χ3v) is 4.13. The van der Waals surface area contributed by atoms with Crippen LogP contribution >= 0.6 is 0 Å². The number of nitrogens with one attached hydrogen (secondary N) is 2. The van der Waals surface area contributed by atoms with E-state index in [0.717, 1.165) is 31.6 Å². The Hall–Kier alpha value is -2.63. The Kier molecular flexibility index (Phi) is 4.93. The molecular formula is C18H21FN4O. The van der Waals surface area contributed by atoms with E-state index in [4.69, 9.17) is 0 Å². The van der Waals surface area contributed by atoms with E-state index >= 15 is 0 Å². The zero-order chi connectivity index (χ0) is 16.9. The van der Waals surface area contributed by atoms with Crippen molar-refractivity contribution in [1.82, 2.24) is 10.3 Å². The van der Waals surface area contributed by atoms with Crippen LogP contribution in [-0.2, 0) is 0 Å². The molecule has 1 aliphatic heterocycles. The highest BCUT2D eigenvalue weighted by atomic mass is 19.1.